The van der Waals surface area contributed by atoms with E-state index in [2.05, 4.69) is 26.9 Å². The Morgan fingerprint density at radius 3 is 2.78 bits per heavy atom. The van der Waals surface area contributed by atoms with E-state index in [9.17, 15) is 4.79 Å². The van der Waals surface area contributed by atoms with Crippen LogP contribution >= 0.6 is 15.9 Å². The van der Waals surface area contributed by atoms with Gasteiger partial charge in [-0.3, -0.25) is 4.79 Å². The molecule has 5 heteroatoms. The van der Waals surface area contributed by atoms with Crippen molar-refractivity contribution in [3.63, 3.8) is 0 Å². The molecule has 4 nitrogen and oxygen atoms in total. The van der Waals surface area contributed by atoms with Gasteiger partial charge in [-0.2, -0.15) is 0 Å². The summed E-state index contributed by atoms with van der Waals surface area (Å²) >= 11 is 3.51. The number of carbonyl (C=O) groups is 1. The van der Waals surface area contributed by atoms with Crippen molar-refractivity contribution in [2.75, 3.05) is 20.1 Å². The third-order valence-electron chi connectivity index (χ3n) is 2.70. The first-order valence-corrected chi connectivity index (χ1v) is 6.67. The van der Waals surface area contributed by atoms with E-state index in [0.29, 0.717) is 6.54 Å². The van der Waals surface area contributed by atoms with Crippen molar-refractivity contribution in [2.45, 2.75) is 18.9 Å². The number of likely N-dealkylation sites (N-methyl/N-ethyl adjacent to an activating group) is 1. The van der Waals surface area contributed by atoms with Gasteiger partial charge < -0.3 is 15.7 Å². The Morgan fingerprint density at radius 1 is 1.50 bits per heavy atom. The molecule has 1 rings (SSSR count). The third kappa shape index (κ3) is 5.62. The minimum atomic E-state index is -0.846. The van der Waals surface area contributed by atoms with Crippen LogP contribution in [-0.2, 0) is 11.2 Å². The van der Waals surface area contributed by atoms with Crippen LogP contribution in [0.4, 0.5) is 0 Å². The zero-order chi connectivity index (χ0) is 13.5. The number of carboxylic acids is 1. The Kier molecular flexibility index (Phi) is 6.32. The molecule has 0 heterocycles. The monoisotopic (exact) mass is 314 g/mol. The van der Waals surface area contributed by atoms with Crippen LogP contribution in [0.15, 0.2) is 28.7 Å². The SMILES string of the molecule is CN(CCc1ccccc1Br)CC(N)CC(=O)O. The van der Waals surface area contributed by atoms with Crippen molar-refractivity contribution < 1.29 is 9.90 Å². The topological polar surface area (TPSA) is 66.6 Å². The second kappa shape index (κ2) is 7.51. The molecule has 0 fully saturated rings. The highest BCUT2D eigenvalue weighted by molar-refractivity contribution is 9.10. The van der Waals surface area contributed by atoms with Crippen LogP contribution in [0.1, 0.15) is 12.0 Å². The molecule has 0 saturated heterocycles. The Morgan fingerprint density at radius 2 is 2.17 bits per heavy atom. The van der Waals surface area contributed by atoms with Gasteiger partial charge in [-0.15, -0.1) is 0 Å². The molecule has 0 amide bonds. The van der Waals surface area contributed by atoms with E-state index in [-0.39, 0.29) is 12.5 Å². The zero-order valence-corrected chi connectivity index (χ0v) is 12.1. The Hall–Kier alpha value is -0.910. The van der Waals surface area contributed by atoms with E-state index in [4.69, 9.17) is 10.8 Å². The summed E-state index contributed by atoms with van der Waals surface area (Å²) in [5.41, 5.74) is 6.99. The highest BCUT2D eigenvalue weighted by atomic mass is 79.9. The van der Waals surface area contributed by atoms with Crippen molar-refractivity contribution in [2.24, 2.45) is 5.73 Å². The molecule has 0 saturated carbocycles. The van der Waals surface area contributed by atoms with E-state index < -0.39 is 5.97 Å². The second-order valence-corrected chi connectivity index (χ2v) is 5.32. The summed E-state index contributed by atoms with van der Waals surface area (Å²) in [4.78, 5) is 12.6. The number of hydrogen-bond donors (Lipinski definition) is 2. The maximum atomic E-state index is 10.5. The second-order valence-electron chi connectivity index (χ2n) is 4.46. The van der Waals surface area contributed by atoms with Gasteiger partial charge in [0.25, 0.3) is 0 Å². The molecule has 0 aliphatic rings. The summed E-state index contributed by atoms with van der Waals surface area (Å²) < 4.78 is 1.10. The maximum absolute atomic E-state index is 10.5. The maximum Gasteiger partial charge on any atom is 0.304 e. The largest absolute Gasteiger partial charge is 0.481 e. The summed E-state index contributed by atoms with van der Waals surface area (Å²) in [6.07, 6.45) is 0.928. The van der Waals surface area contributed by atoms with Gasteiger partial charge in [-0.25, -0.2) is 0 Å². The number of benzene rings is 1. The predicted octanol–water partition coefficient (Wildman–Crippen LogP) is 1.73. The number of carboxylic acid groups (broad SMARTS) is 1. The molecule has 0 aliphatic carbocycles. The number of rotatable bonds is 7. The molecule has 0 aromatic heterocycles. The molecule has 100 valence electrons. The quantitative estimate of drug-likeness (QED) is 0.804. The van der Waals surface area contributed by atoms with E-state index >= 15 is 0 Å². The van der Waals surface area contributed by atoms with E-state index in [1.807, 2.05) is 25.2 Å². The molecule has 3 N–H and O–H groups in total. The molecule has 0 bridgehead atoms. The summed E-state index contributed by atoms with van der Waals surface area (Å²) in [6, 6.07) is 7.78. The Bertz CT molecular complexity index is 398. The Labute approximate surface area is 116 Å². The minimum Gasteiger partial charge on any atom is -0.481 e. The fourth-order valence-corrected chi connectivity index (χ4v) is 2.28. The summed E-state index contributed by atoms with van der Waals surface area (Å²) in [5, 5.41) is 8.64. The number of hydrogen-bond acceptors (Lipinski definition) is 3. The molecule has 1 aromatic carbocycles. The average molecular weight is 315 g/mol. The standard InChI is InChI=1S/C13H19BrN2O2/c1-16(9-11(15)8-13(17)18)7-6-10-4-2-3-5-12(10)14/h2-5,11H,6-9,15H2,1H3,(H,17,18). The molecule has 1 atom stereocenters. The van der Waals surface area contributed by atoms with Crippen LogP contribution in [0, 0.1) is 0 Å². The lowest BCUT2D eigenvalue weighted by Gasteiger charge is -2.20. The highest BCUT2D eigenvalue weighted by Gasteiger charge is 2.11. The number of nitrogens with two attached hydrogens (primary N) is 1. The van der Waals surface area contributed by atoms with Crippen LogP contribution in [0.5, 0.6) is 0 Å². The number of nitrogens with zero attached hydrogens (tertiary/aromatic N) is 1. The van der Waals surface area contributed by atoms with Gasteiger partial charge in [0.15, 0.2) is 0 Å². The van der Waals surface area contributed by atoms with Crippen LogP contribution in [0.3, 0.4) is 0 Å². The van der Waals surface area contributed by atoms with Crippen molar-refractivity contribution in [3.05, 3.63) is 34.3 Å². The van der Waals surface area contributed by atoms with Gasteiger partial charge in [-0.05, 0) is 25.1 Å². The fourth-order valence-electron chi connectivity index (χ4n) is 1.79. The van der Waals surface area contributed by atoms with Crippen molar-refractivity contribution >= 4 is 21.9 Å². The Balaban J connectivity index is 2.35. The van der Waals surface area contributed by atoms with Gasteiger partial charge in [0.2, 0.25) is 0 Å². The molecule has 0 radical (unpaired) electrons. The van der Waals surface area contributed by atoms with Crippen molar-refractivity contribution in [1.29, 1.82) is 0 Å². The minimum absolute atomic E-state index is 0.0133. The number of halogens is 1. The van der Waals surface area contributed by atoms with Crippen LogP contribution < -0.4 is 5.73 Å². The first-order chi connectivity index (χ1) is 8.49. The van der Waals surface area contributed by atoms with Gasteiger partial charge in [0.1, 0.15) is 0 Å². The lowest BCUT2D eigenvalue weighted by Crippen LogP contribution is -2.37. The first kappa shape index (κ1) is 15.1. The highest BCUT2D eigenvalue weighted by Crippen LogP contribution is 2.16. The third-order valence-corrected chi connectivity index (χ3v) is 3.48. The summed E-state index contributed by atoms with van der Waals surface area (Å²) in [7, 11) is 1.96. The molecule has 0 spiro atoms. The molecule has 1 aromatic rings. The predicted molar refractivity (Wildman–Crippen MR) is 75.6 cm³/mol. The molecule has 1 unspecified atom stereocenters. The van der Waals surface area contributed by atoms with Crippen LogP contribution in [0.2, 0.25) is 0 Å². The van der Waals surface area contributed by atoms with E-state index in [1.54, 1.807) is 0 Å². The molecular weight excluding hydrogens is 296 g/mol. The lowest BCUT2D eigenvalue weighted by atomic mass is 10.1. The van der Waals surface area contributed by atoms with Crippen molar-refractivity contribution in [1.82, 2.24) is 4.90 Å². The zero-order valence-electron chi connectivity index (χ0n) is 10.5. The van der Waals surface area contributed by atoms with Crippen LogP contribution in [0.25, 0.3) is 0 Å². The normalized spacial score (nSPS) is 12.7. The van der Waals surface area contributed by atoms with Gasteiger partial charge >= 0.3 is 5.97 Å². The smallest absolute Gasteiger partial charge is 0.304 e. The summed E-state index contributed by atoms with van der Waals surface area (Å²) in [6.45, 7) is 1.45. The fraction of sp³-hybridized carbons (Fsp3) is 0.462. The van der Waals surface area contributed by atoms with E-state index in [1.165, 1.54) is 5.56 Å². The summed E-state index contributed by atoms with van der Waals surface area (Å²) in [5.74, 6) is -0.846. The molecule has 18 heavy (non-hydrogen) atoms. The van der Waals surface area contributed by atoms with Gasteiger partial charge in [-0.1, -0.05) is 34.1 Å². The number of aliphatic carboxylic acids is 1. The molecular formula is C13H19BrN2O2. The van der Waals surface area contributed by atoms with Gasteiger partial charge in [0.05, 0.1) is 6.42 Å². The lowest BCUT2D eigenvalue weighted by molar-refractivity contribution is -0.137. The average Bonchev–Trinajstić information content (AvgIpc) is 2.26. The first-order valence-electron chi connectivity index (χ1n) is 5.88. The molecule has 0 aliphatic heterocycles. The van der Waals surface area contributed by atoms with Crippen LogP contribution in [-0.4, -0.2) is 42.2 Å². The van der Waals surface area contributed by atoms with Gasteiger partial charge in [0, 0.05) is 23.6 Å². The van der Waals surface area contributed by atoms with Crippen molar-refractivity contribution in [3.8, 4) is 0 Å². The van der Waals surface area contributed by atoms with E-state index in [0.717, 1.165) is 17.4 Å².